The first-order valence-electron chi connectivity index (χ1n) is 7.19. The van der Waals surface area contributed by atoms with Crippen molar-refractivity contribution in [2.75, 3.05) is 13.2 Å². The van der Waals surface area contributed by atoms with E-state index in [1.165, 1.54) is 0 Å². The van der Waals surface area contributed by atoms with Gasteiger partial charge in [0, 0.05) is 11.1 Å². The Balaban J connectivity index is 1.80. The van der Waals surface area contributed by atoms with Crippen molar-refractivity contribution >= 4 is 11.0 Å². The zero-order valence-electron chi connectivity index (χ0n) is 11.6. The van der Waals surface area contributed by atoms with Gasteiger partial charge in [0.1, 0.15) is 5.82 Å². The lowest BCUT2D eigenvalue weighted by molar-refractivity contribution is -0.182. The zero-order valence-corrected chi connectivity index (χ0v) is 11.6. The van der Waals surface area contributed by atoms with Gasteiger partial charge in [-0.15, -0.1) is 0 Å². The third-order valence-electron chi connectivity index (χ3n) is 3.69. The summed E-state index contributed by atoms with van der Waals surface area (Å²) in [6.45, 7) is 1.47. The molecule has 0 unspecified atom stereocenters. The monoisotopic (exact) mass is 280 g/mol. The fourth-order valence-electron chi connectivity index (χ4n) is 2.67. The minimum Gasteiger partial charge on any atom is -0.348 e. The molecule has 3 aromatic rings. The van der Waals surface area contributed by atoms with Crippen LogP contribution in [0.25, 0.3) is 22.4 Å². The molecule has 1 aliphatic rings. The summed E-state index contributed by atoms with van der Waals surface area (Å²) in [6, 6.07) is 16.1. The van der Waals surface area contributed by atoms with Gasteiger partial charge in [0.15, 0.2) is 6.29 Å². The molecule has 21 heavy (non-hydrogen) atoms. The summed E-state index contributed by atoms with van der Waals surface area (Å²) in [5, 5.41) is 0. The summed E-state index contributed by atoms with van der Waals surface area (Å²) in [5.41, 5.74) is 4.05. The van der Waals surface area contributed by atoms with Crippen LogP contribution in [0.1, 0.15) is 18.3 Å². The van der Waals surface area contributed by atoms with E-state index < -0.39 is 0 Å². The SMILES string of the molecule is c1ccc(C2OCCCO2)c(-c2nc3ccccc3[nH]2)c1. The Morgan fingerprint density at radius 1 is 0.952 bits per heavy atom. The maximum atomic E-state index is 5.74. The van der Waals surface area contributed by atoms with E-state index in [1.54, 1.807) is 0 Å². The minimum atomic E-state index is -0.303. The highest BCUT2D eigenvalue weighted by Crippen LogP contribution is 2.31. The lowest BCUT2D eigenvalue weighted by Gasteiger charge is -2.24. The molecular formula is C17H16N2O2. The number of ether oxygens (including phenoxy) is 2. The van der Waals surface area contributed by atoms with Crippen LogP contribution in [0.5, 0.6) is 0 Å². The van der Waals surface area contributed by atoms with E-state index in [0.29, 0.717) is 0 Å². The van der Waals surface area contributed by atoms with Crippen LogP contribution in [-0.2, 0) is 9.47 Å². The predicted molar refractivity (Wildman–Crippen MR) is 80.8 cm³/mol. The Morgan fingerprint density at radius 3 is 2.57 bits per heavy atom. The summed E-state index contributed by atoms with van der Waals surface area (Å²) >= 11 is 0. The Hall–Kier alpha value is -2.17. The summed E-state index contributed by atoms with van der Waals surface area (Å²) in [5.74, 6) is 0.851. The second kappa shape index (κ2) is 5.31. The number of nitrogens with zero attached hydrogens (tertiary/aromatic N) is 1. The van der Waals surface area contributed by atoms with Crippen LogP contribution >= 0.6 is 0 Å². The first-order chi connectivity index (χ1) is 10.4. The van der Waals surface area contributed by atoms with Crippen LogP contribution < -0.4 is 0 Å². The van der Waals surface area contributed by atoms with Crippen molar-refractivity contribution in [1.82, 2.24) is 9.97 Å². The number of hydrogen-bond acceptors (Lipinski definition) is 3. The smallest absolute Gasteiger partial charge is 0.184 e. The van der Waals surface area contributed by atoms with Gasteiger partial charge in [0.25, 0.3) is 0 Å². The van der Waals surface area contributed by atoms with Crippen molar-refractivity contribution in [3.63, 3.8) is 0 Å². The number of benzene rings is 2. The van der Waals surface area contributed by atoms with Gasteiger partial charge in [-0.3, -0.25) is 0 Å². The molecule has 4 nitrogen and oxygen atoms in total. The van der Waals surface area contributed by atoms with E-state index in [4.69, 9.17) is 9.47 Å². The van der Waals surface area contributed by atoms with Gasteiger partial charge in [-0.2, -0.15) is 0 Å². The quantitative estimate of drug-likeness (QED) is 0.779. The molecule has 106 valence electrons. The topological polar surface area (TPSA) is 47.1 Å². The number of fused-ring (bicyclic) bond motifs is 1. The molecule has 4 rings (SSSR count). The average molecular weight is 280 g/mol. The lowest BCUT2D eigenvalue weighted by atomic mass is 10.1. The number of nitrogens with one attached hydrogen (secondary N) is 1. The van der Waals surface area contributed by atoms with E-state index in [1.807, 2.05) is 48.5 Å². The van der Waals surface area contributed by atoms with Gasteiger partial charge in [0.05, 0.1) is 24.2 Å². The highest BCUT2D eigenvalue weighted by atomic mass is 16.7. The van der Waals surface area contributed by atoms with Gasteiger partial charge >= 0.3 is 0 Å². The van der Waals surface area contributed by atoms with Crippen molar-refractivity contribution in [2.45, 2.75) is 12.7 Å². The van der Waals surface area contributed by atoms with Crippen LogP contribution in [0, 0.1) is 0 Å². The van der Waals surface area contributed by atoms with Gasteiger partial charge in [0.2, 0.25) is 0 Å². The molecule has 1 aromatic heterocycles. The van der Waals surface area contributed by atoms with E-state index in [9.17, 15) is 0 Å². The number of rotatable bonds is 2. The molecule has 1 aliphatic heterocycles. The number of aromatic amines is 1. The lowest BCUT2D eigenvalue weighted by Crippen LogP contribution is -2.18. The molecule has 2 heterocycles. The second-order valence-electron chi connectivity index (χ2n) is 5.12. The van der Waals surface area contributed by atoms with Crippen LogP contribution in [0.2, 0.25) is 0 Å². The highest BCUT2D eigenvalue weighted by molar-refractivity contribution is 5.79. The fourth-order valence-corrected chi connectivity index (χ4v) is 2.67. The first-order valence-corrected chi connectivity index (χ1v) is 7.19. The normalized spacial score (nSPS) is 16.4. The van der Waals surface area contributed by atoms with E-state index in [-0.39, 0.29) is 6.29 Å². The standard InChI is InChI=1S/C17H16N2O2/c1-2-7-13(17-20-10-5-11-21-17)12(6-1)16-18-14-8-3-4-9-15(14)19-16/h1-4,6-9,17H,5,10-11H2,(H,18,19). The van der Waals surface area contributed by atoms with Crippen LogP contribution in [0.4, 0.5) is 0 Å². The summed E-state index contributed by atoms with van der Waals surface area (Å²) in [7, 11) is 0. The maximum absolute atomic E-state index is 5.74. The number of para-hydroxylation sites is 2. The summed E-state index contributed by atoms with van der Waals surface area (Å²) < 4.78 is 11.5. The van der Waals surface area contributed by atoms with Gasteiger partial charge in [-0.1, -0.05) is 36.4 Å². The molecule has 0 atom stereocenters. The Kier molecular flexibility index (Phi) is 3.18. The maximum Gasteiger partial charge on any atom is 0.184 e. The summed E-state index contributed by atoms with van der Waals surface area (Å²) in [4.78, 5) is 8.04. The van der Waals surface area contributed by atoms with Crippen molar-refractivity contribution in [3.8, 4) is 11.4 Å². The number of imidazole rings is 1. The Morgan fingerprint density at radius 2 is 1.71 bits per heavy atom. The number of hydrogen-bond donors (Lipinski definition) is 1. The van der Waals surface area contributed by atoms with E-state index in [2.05, 4.69) is 9.97 Å². The van der Waals surface area contributed by atoms with Crippen molar-refractivity contribution in [1.29, 1.82) is 0 Å². The second-order valence-corrected chi connectivity index (χ2v) is 5.12. The highest BCUT2D eigenvalue weighted by Gasteiger charge is 2.21. The molecule has 1 fully saturated rings. The van der Waals surface area contributed by atoms with Crippen molar-refractivity contribution in [2.24, 2.45) is 0 Å². The van der Waals surface area contributed by atoms with Gasteiger partial charge < -0.3 is 14.5 Å². The molecule has 0 amide bonds. The largest absolute Gasteiger partial charge is 0.348 e. The van der Waals surface area contributed by atoms with Crippen LogP contribution in [-0.4, -0.2) is 23.2 Å². The zero-order chi connectivity index (χ0) is 14.1. The molecule has 0 bridgehead atoms. The number of H-pyrrole nitrogens is 1. The molecule has 0 radical (unpaired) electrons. The fraction of sp³-hybridized carbons (Fsp3) is 0.235. The molecule has 0 aliphatic carbocycles. The minimum absolute atomic E-state index is 0.303. The summed E-state index contributed by atoms with van der Waals surface area (Å²) in [6.07, 6.45) is 0.645. The number of aromatic nitrogens is 2. The van der Waals surface area contributed by atoms with Gasteiger partial charge in [-0.05, 0) is 18.6 Å². The predicted octanol–water partition coefficient (Wildman–Crippen LogP) is 3.67. The molecule has 0 saturated carbocycles. The Bertz CT molecular complexity index is 727. The van der Waals surface area contributed by atoms with Crippen molar-refractivity contribution in [3.05, 3.63) is 54.1 Å². The van der Waals surface area contributed by atoms with E-state index >= 15 is 0 Å². The van der Waals surface area contributed by atoms with Crippen molar-refractivity contribution < 1.29 is 9.47 Å². The Labute approximate surface area is 122 Å². The third-order valence-corrected chi connectivity index (χ3v) is 3.69. The van der Waals surface area contributed by atoms with Crippen LogP contribution in [0.15, 0.2) is 48.5 Å². The molecule has 4 heteroatoms. The first kappa shape index (κ1) is 12.6. The third kappa shape index (κ3) is 2.33. The molecule has 1 saturated heterocycles. The van der Waals surface area contributed by atoms with Crippen LogP contribution in [0.3, 0.4) is 0 Å². The van der Waals surface area contributed by atoms with Gasteiger partial charge in [-0.25, -0.2) is 4.98 Å². The molecule has 2 aromatic carbocycles. The average Bonchev–Trinajstić information content (AvgIpc) is 2.99. The molecular weight excluding hydrogens is 264 g/mol. The molecule has 1 N–H and O–H groups in total. The molecule has 0 spiro atoms. The van der Waals surface area contributed by atoms with E-state index in [0.717, 1.165) is 47.6 Å².